The molecule has 38 heavy (non-hydrogen) atoms. The van der Waals surface area contributed by atoms with Crippen LogP contribution >= 0.6 is 11.8 Å². The van der Waals surface area contributed by atoms with Gasteiger partial charge in [-0.2, -0.15) is 0 Å². The Balaban J connectivity index is 1.52. The third kappa shape index (κ3) is 2.47. The van der Waals surface area contributed by atoms with Crippen molar-refractivity contribution in [1.82, 2.24) is 4.48 Å². The molecule has 9 rings (SSSR count). The highest BCUT2D eigenvalue weighted by Gasteiger charge is 2.45. The largest absolute Gasteiger partial charge is 0.375 e. The first kappa shape index (κ1) is 21.1. The summed E-state index contributed by atoms with van der Waals surface area (Å²) >= 11 is 1.90. The van der Waals surface area contributed by atoms with E-state index < -0.39 is 0 Å². The van der Waals surface area contributed by atoms with Crippen LogP contribution in [0.15, 0.2) is 107 Å². The number of benzene rings is 5. The fraction of sp³-hybridized carbons (Fsp3) is 0.118. The van der Waals surface area contributed by atoms with Crippen molar-refractivity contribution in [2.45, 2.75) is 36.0 Å². The van der Waals surface area contributed by atoms with E-state index in [0.29, 0.717) is 0 Å². The Morgan fingerprint density at radius 2 is 1.45 bits per heavy atom. The molecule has 6 aromatic rings. The summed E-state index contributed by atoms with van der Waals surface area (Å²) in [7, 11) is 0. The Bertz CT molecular complexity index is 2010. The van der Waals surface area contributed by atoms with Crippen molar-refractivity contribution in [2.75, 3.05) is 4.90 Å². The molecule has 0 amide bonds. The molecular formula is C34H25BN2S. The van der Waals surface area contributed by atoms with Crippen molar-refractivity contribution in [3.63, 3.8) is 0 Å². The minimum Gasteiger partial charge on any atom is -0.375 e. The summed E-state index contributed by atoms with van der Waals surface area (Å²) < 4.78 is 2.64. The second-order valence-electron chi connectivity index (χ2n) is 11.8. The lowest BCUT2D eigenvalue weighted by Gasteiger charge is -2.44. The standard InChI is InChI=1S/C34H25BN2S/c1-34(2,3)20-18-24-23-12-8-11-22-21-10-4-5-14-26(21)37(32(22)23)35-25-13-9-17-30-33(25)36(28(19-20)31(24)35)27-15-6-7-16-29(27)38-30/h4-19H,1-3H3. The molecule has 5 aromatic carbocycles. The highest BCUT2D eigenvalue weighted by Crippen LogP contribution is 2.54. The topological polar surface area (TPSA) is 8.17 Å². The summed E-state index contributed by atoms with van der Waals surface area (Å²) in [5.41, 5.74) is 13.6. The van der Waals surface area contributed by atoms with Gasteiger partial charge in [-0.3, -0.25) is 0 Å². The number of anilines is 3. The molecule has 0 unspecified atom stereocenters. The van der Waals surface area contributed by atoms with Crippen LogP contribution in [0, 0.1) is 0 Å². The second kappa shape index (κ2) is 6.95. The molecule has 2 nitrogen and oxygen atoms in total. The lowest BCUT2D eigenvalue weighted by molar-refractivity contribution is 0.590. The Morgan fingerprint density at radius 1 is 0.684 bits per heavy atom. The molecule has 0 saturated heterocycles. The average Bonchev–Trinajstić information content (AvgIpc) is 3.26. The average molecular weight is 504 g/mol. The van der Waals surface area contributed by atoms with Gasteiger partial charge >= 0.3 is 6.85 Å². The fourth-order valence-electron chi connectivity index (χ4n) is 7.03. The maximum Gasteiger partial charge on any atom is 0.333 e. The van der Waals surface area contributed by atoms with Crippen molar-refractivity contribution < 1.29 is 0 Å². The van der Waals surface area contributed by atoms with Crippen molar-refractivity contribution in [2.24, 2.45) is 0 Å². The summed E-state index contributed by atoms with van der Waals surface area (Å²) in [5.74, 6) is 0. The predicted octanol–water partition coefficient (Wildman–Crippen LogP) is 7.97. The predicted molar refractivity (Wildman–Crippen MR) is 163 cm³/mol. The summed E-state index contributed by atoms with van der Waals surface area (Å²) in [4.78, 5) is 5.22. The minimum absolute atomic E-state index is 0.0307. The van der Waals surface area contributed by atoms with E-state index in [1.165, 1.54) is 76.3 Å². The molecule has 1 aromatic heterocycles. The Morgan fingerprint density at radius 3 is 2.34 bits per heavy atom. The van der Waals surface area contributed by atoms with Crippen molar-refractivity contribution in [1.29, 1.82) is 0 Å². The van der Waals surface area contributed by atoms with E-state index in [-0.39, 0.29) is 12.3 Å². The normalized spacial score (nSPS) is 14.5. The zero-order chi connectivity index (χ0) is 25.3. The molecule has 0 fully saturated rings. The van der Waals surface area contributed by atoms with Gasteiger partial charge in [-0.1, -0.05) is 99.3 Å². The van der Waals surface area contributed by atoms with E-state index in [0.717, 1.165) is 0 Å². The van der Waals surface area contributed by atoms with Crippen molar-refractivity contribution in [3.8, 4) is 11.1 Å². The first-order valence-corrected chi connectivity index (χ1v) is 14.2. The molecule has 3 aliphatic rings. The molecule has 180 valence electrons. The van der Waals surface area contributed by atoms with E-state index >= 15 is 0 Å². The molecule has 0 saturated carbocycles. The third-order valence-corrected chi connectivity index (χ3v) is 9.81. The van der Waals surface area contributed by atoms with Crippen LogP contribution < -0.4 is 15.8 Å². The molecule has 0 radical (unpaired) electrons. The highest BCUT2D eigenvalue weighted by molar-refractivity contribution is 7.99. The zero-order valence-corrected chi connectivity index (χ0v) is 22.4. The van der Waals surface area contributed by atoms with Crippen LogP contribution in [0.2, 0.25) is 0 Å². The van der Waals surface area contributed by atoms with Crippen LogP contribution in [0.3, 0.4) is 0 Å². The maximum atomic E-state index is 2.64. The quantitative estimate of drug-likeness (QED) is 0.194. The van der Waals surface area contributed by atoms with Crippen LogP contribution in [0.1, 0.15) is 26.3 Å². The molecule has 0 aliphatic carbocycles. The fourth-order valence-corrected chi connectivity index (χ4v) is 8.13. The summed E-state index contributed by atoms with van der Waals surface area (Å²) in [6.07, 6.45) is 0. The zero-order valence-electron chi connectivity index (χ0n) is 21.6. The van der Waals surface area contributed by atoms with Gasteiger partial charge in [0.25, 0.3) is 0 Å². The van der Waals surface area contributed by atoms with Gasteiger partial charge in [0, 0.05) is 42.8 Å². The Hall–Kier alpha value is -3.89. The van der Waals surface area contributed by atoms with Crippen LogP contribution in [0.5, 0.6) is 0 Å². The van der Waals surface area contributed by atoms with E-state index in [4.69, 9.17) is 0 Å². The lowest BCUT2D eigenvalue weighted by Crippen LogP contribution is -2.57. The Labute approximate surface area is 227 Å². The number of hydrogen-bond acceptors (Lipinski definition) is 2. The summed E-state index contributed by atoms with van der Waals surface area (Å²) in [6.45, 7) is 7.13. The second-order valence-corrected chi connectivity index (χ2v) is 12.9. The van der Waals surface area contributed by atoms with Gasteiger partial charge in [0.15, 0.2) is 0 Å². The third-order valence-electron chi connectivity index (χ3n) is 8.69. The molecule has 3 aliphatic heterocycles. The van der Waals surface area contributed by atoms with Gasteiger partial charge in [-0.15, -0.1) is 0 Å². The van der Waals surface area contributed by atoms with Crippen LogP contribution in [0.25, 0.3) is 32.9 Å². The first-order valence-electron chi connectivity index (χ1n) is 13.4. The molecule has 0 bridgehead atoms. The molecule has 0 spiro atoms. The smallest absolute Gasteiger partial charge is 0.333 e. The number of aromatic nitrogens is 1. The van der Waals surface area contributed by atoms with Gasteiger partial charge in [0.2, 0.25) is 0 Å². The van der Waals surface area contributed by atoms with E-state index in [9.17, 15) is 0 Å². The summed E-state index contributed by atoms with van der Waals surface area (Å²) in [5, 5.41) is 2.68. The van der Waals surface area contributed by atoms with Crippen LogP contribution in [-0.2, 0) is 5.41 Å². The first-order chi connectivity index (χ1) is 18.5. The van der Waals surface area contributed by atoms with E-state index in [2.05, 4.69) is 127 Å². The Kier molecular flexibility index (Phi) is 3.86. The SMILES string of the molecule is CC(C)(C)c1cc2c3c(c1)N1c4ccccc4Sc4cccc(c41)B3n1c3ccccc3c3cccc-2c31. The number of para-hydroxylation sites is 4. The molecular weight excluding hydrogens is 479 g/mol. The van der Waals surface area contributed by atoms with E-state index in [1.807, 2.05) is 11.8 Å². The molecule has 4 heterocycles. The van der Waals surface area contributed by atoms with Crippen molar-refractivity contribution in [3.05, 3.63) is 103 Å². The van der Waals surface area contributed by atoms with Gasteiger partial charge in [-0.25, -0.2) is 0 Å². The van der Waals surface area contributed by atoms with Gasteiger partial charge in [0.1, 0.15) is 0 Å². The van der Waals surface area contributed by atoms with Gasteiger partial charge < -0.3 is 9.38 Å². The van der Waals surface area contributed by atoms with E-state index in [1.54, 1.807) is 0 Å². The minimum atomic E-state index is 0.0307. The number of fused-ring (bicyclic) bond motifs is 9. The highest BCUT2D eigenvalue weighted by atomic mass is 32.2. The number of rotatable bonds is 0. The monoisotopic (exact) mass is 504 g/mol. The molecule has 4 heteroatoms. The molecule has 0 atom stereocenters. The maximum absolute atomic E-state index is 2.64. The van der Waals surface area contributed by atoms with Crippen molar-refractivity contribution >= 4 is 68.4 Å². The number of nitrogens with zero attached hydrogens (tertiary/aromatic N) is 2. The molecule has 0 N–H and O–H groups in total. The lowest BCUT2D eigenvalue weighted by atomic mass is 9.45. The van der Waals surface area contributed by atoms with Gasteiger partial charge in [0.05, 0.1) is 11.4 Å². The van der Waals surface area contributed by atoms with Crippen LogP contribution in [0.4, 0.5) is 17.1 Å². The number of hydrogen-bond donors (Lipinski definition) is 0. The summed E-state index contributed by atoms with van der Waals surface area (Å²) in [6, 6.07) is 36.6. The van der Waals surface area contributed by atoms with Gasteiger partial charge in [-0.05, 0) is 57.8 Å². The van der Waals surface area contributed by atoms with Crippen LogP contribution in [-0.4, -0.2) is 11.3 Å².